The Hall–Kier alpha value is -3.72. The molecule has 4 amide bonds. The van der Waals surface area contributed by atoms with E-state index in [9.17, 15) is 19.2 Å². The van der Waals surface area contributed by atoms with Crippen LogP contribution in [0.15, 0.2) is 48.5 Å². The molecule has 27 heavy (non-hydrogen) atoms. The number of carbonyl (C=O) groups is 4. The summed E-state index contributed by atoms with van der Waals surface area (Å²) in [6.45, 7) is -0.656. The van der Waals surface area contributed by atoms with Gasteiger partial charge in [-0.2, -0.15) is 0 Å². The lowest BCUT2D eigenvalue weighted by molar-refractivity contribution is -0.125. The maximum Gasteiger partial charge on any atom is 0.250 e. The summed E-state index contributed by atoms with van der Waals surface area (Å²) in [5.41, 5.74) is 11.8. The summed E-state index contributed by atoms with van der Waals surface area (Å²) in [6, 6.07) is 12.0. The molecular weight excluding hydrogens is 352 g/mol. The number of benzene rings is 2. The second-order valence-electron chi connectivity index (χ2n) is 5.47. The molecule has 0 spiro atoms. The Morgan fingerprint density at radius 1 is 0.667 bits per heavy atom. The molecule has 9 nitrogen and oxygen atoms in total. The Morgan fingerprint density at radius 3 is 1.30 bits per heavy atom. The molecule has 6 N–H and O–H groups in total. The van der Waals surface area contributed by atoms with Crippen molar-refractivity contribution in [2.24, 2.45) is 11.5 Å². The van der Waals surface area contributed by atoms with Gasteiger partial charge in [-0.3, -0.25) is 19.2 Å². The number of anilines is 2. The van der Waals surface area contributed by atoms with Crippen molar-refractivity contribution in [3.63, 3.8) is 0 Å². The molecule has 0 aliphatic rings. The van der Waals surface area contributed by atoms with Gasteiger partial charge in [0.2, 0.25) is 23.6 Å². The minimum atomic E-state index is -0.563. The van der Waals surface area contributed by atoms with Gasteiger partial charge in [0, 0.05) is 22.5 Å². The largest absolute Gasteiger partial charge is 0.366 e. The van der Waals surface area contributed by atoms with Gasteiger partial charge in [0.05, 0.1) is 0 Å². The zero-order chi connectivity index (χ0) is 19.8. The van der Waals surface area contributed by atoms with Gasteiger partial charge in [0.15, 0.2) is 0 Å². The Morgan fingerprint density at radius 2 is 1.00 bits per heavy atom. The molecular formula is C18H18N4O5. The van der Waals surface area contributed by atoms with Crippen molar-refractivity contribution in [2.45, 2.75) is 0 Å². The van der Waals surface area contributed by atoms with Crippen molar-refractivity contribution < 1.29 is 23.9 Å². The van der Waals surface area contributed by atoms with Crippen LogP contribution in [-0.4, -0.2) is 36.8 Å². The summed E-state index contributed by atoms with van der Waals surface area (Å²) < 4.78 is 5.05. The van der Waals surface area contributed by atoms with Crippen LogP contribution in [-0.2, 0) is 14.3 Å². The van der Waals surface area contributed by atoms with E-state index < -0.39 is 23.6 Å². The summed E-state index contributed by atoms with van der Waals surface area (Å²) in [7, 11) is 0. The average molecular weight is 370 g/mol. The fourth-order valence-electron chi connectivity index (χ4n) is 2.07. The summed E-state index contributed by atoms with van der Waals surface area (Å²) >= 11 is 0. The number of hydrogen-bond donors (Lipinski definition) is 4. The van der Waals surface area contributed by atoms with E-state index in [0.717, 1.165) is 0 Å². The smallest absolute Gasteiger partial charge is 0.250 e. The SMILES string of the molecule is NC(=O)c1ccc(NC(=O)COCC(=O)Nc2ccc(C(N)=O)cc2)cc1. The summed E-state index contributed by atoms with van der Waals surface area (Å²) in [5.74, 6) is -2.04. The highest BCUT2D eigenvalue weighted by atomic mass is 16.5. The third-order valence-corrected chi connectivity index (χ3v) is 3.37. The van der Waals surface area contributed by atoms with Gasteiger partial charge in [-0.15, -0.1) is 0 Å². The number of rotatable bonds is 8. The fraction of sp³-hybridized carbons (Fsp3) is 0.111. The van der Waals surface area contributed by atoms with Gasteiger partial charge in [-0.25, -0.2) is 0 Å². The van der Waals surface area contributed by atoms with Crippen molar-refractivity contribution in [1.82, 2.24) is 0 Å². The Bertz CT molecular complexity index is 776. The molecule has 0 bridgehead atoms. The highest BCUT2D eigenvalue weighted by Crippen LogP contribution is 2.10. The van der Waals surface area contributed by atoms with Gasteiger partial charge in [0.25, 0.3) is 0 Å². The minimum absolute atomic E-state index is 0.324. The van der Waals surface area contributed by atoms with E-state index >= 15 is 0 Å². The van der Waals surface area contributed by atoms with E-state index in [4.69, 9.17) is 16.2 Å². The minimum Gasteiger partial charge on any atom is -0.366 e. The van der Waals surface area contributed by atoms with Crippen LogP contribution in [0.4, 0.5) is 11.4 Å². The number of primary amides is 2. The Kier molecular flexibility index (Phi) is 6.61. The molecule has 9 heteroatoms. The average Bonchev–Trinajstić information content (AvgIpc) is 2.62. The molecule has 0 heterocycles. The normalized spacial score (nSPS) is 10.1. The quantitative estimate of drug-likeness (QED) is 0.532. The second kappa shape index (κ2) is 9.11. The molecule has 0 aromatic heterocycles. The van der Waals surface area contributed by atoms with Crippen LogP contribution >= 0.6 is 0 Å². The molecule has 0 saturated carbocycles. The lowest BCUT2D eigenvalue weighted by Gasteiger charge is -2.08. The topological polar surface area (TPSA) is 154 Å². The van der Waals surface area contributed by atoms with Crippen LogP contribution in [0.5, 0.6) is 0 Å². The molecule has 0 aliphatic carbocycles. The third kappa shape index (κ3) is 6.25. The van der Waals surface area contributed by atoms with Gasteiger partial charge in [-0.05, 0) is 48.5 Å². The van der Waals surface area contributed by atoms with Crippen LogP contribution in [0, 0.1) is 0 Å². The van der Waals surface area contributed by atoms with Gasteiger partial charge in [0.1, 0.15) is 13.2 Å². The van der Waals surface area contributed by atoms with Crippen LogP contribution in [0.2, 0.25) is 0 Å². The van der Waals surface area contributed by atoms with Crippen LogP contribution < -0.4 is 22.1 Å². The predicted molar refractivity (Wildman–Crippen MR) is 98.0 cm³/mol. The molecule has 2 aromatic rings. The summed E-state index contributed by atoms with van der Waals surface area (Å²) in [5, 5.41) is 5.11. The molecule has 0 saturated heterocycles. The maximum atomic E-state index is 11.8. The monoisotopic (exact) mass is 370 g/mol. The zero-order valence-corrected chi connectivity index (χ0v) is 14.2. The number of amides is 4. The first kappa shape index (κ1) is 19.6. The predicted octanol–water partition coefficient (Wildman–Crippen LogP) is 0.478. The van der Waals surface area contributed by atoms with E-state index in [1.165, 1.54) is 48.5 Å². The Balaban J connectivity index is 1.73. The van der Waals surface area contributed by atoms with E-state index in [1.54, 1.807) is 0 Å². The molecule has 2 rings (SSSR count). The molecule has 140 valence electrons. The number of hydrogen-bond acceptors (Lipinski definition) is 5. The van der Waals surface area contributed by atoms with Crippen molar-refractivity contribution in [3.05, 3.63) is 59.7 Å². The van der Waals surface area contributed by atoms with Gasteiger partial charge < -0.3 is 26.8 Å². The molecule has 0 atom stereocenters. The zero-order valence-electron chi connectivity index (χ0n) is 14.2. The van der Waals surface area contributed by atoms with E-state index in [0.29, 0.717) is 22.5 Å². The molecule has 0 fully saturated rings. The lowest BCUT2D eigenvalue weighted by atomic mass is 10.2. The molecule has 0 radical (unpaired) electrons. The summed E-state index contributed by atoms with van der Waals surface area (Å²) in [6.07, 6.45) is 0. The maximum absolute atomic E-state index is 11.8. The number of ether oxygens (including phenoxy) is 1. The van der Waals surface area contributed by atoms with Crippen LogP contribution in [0.25, 0.3) is 0 Å². The van der Waals surface area contributed by atoms with Gasteiger partial charge in [-0.1, -0.05) is 0 Å². The number of carbonyl (C=O) groups excluding carboxylic acids is 4. The first-order chi connectivity index (χ1) is 12.8. The van der Waals surface area contributed by atoms with Crippen LogP contribution in [0.1, 0.15) is 20.7 Å². The van der Waals surface area contributed by atoms with E-state index in [1.807, 2.05) is 0 Å². The summed E-state index contributed by atoms with van der Waals surface area (Å²) in [4.78, 5) is 45.5. The molecule has 0 unspecified atom stereocenters. The van der Waals surface area contributed by atoms with E-state index in [-0.39, 0.29) is 13.2 Å². The van der Waals surface area contributed by atoms with Crippen molar-refractivity contribution in [1.29, 1.82) is 0 Å². The standard InChI is InChI=1S/C18H18N4O5/c19-17(25)11-1-5-13(6-2-11)21-15(23)9-27-10-16(24)22-14-7-3-12(4-8-14)18(20)26/h1-8H,9-10H2,(H2,19,25)(H2,20,26)(H,21,23)(H,22,24). The van der Waals surface area contributed by atoms with E-state index in [2.05, 4.69) is 10.6 Å². The second-order valence-corrected chi connectivity index (χ2v) is 5.47. The van der Waals surface area contributed by atoms with Crippen LogP contribution in [0.3, 0.4) is 0 Å². The third-order valence-electron chi connectivity index (χ3n) is 3.37. The number of nitrogens with one attached hydrogen (secondary N) is 2. The number of nitrogens with two attached hydrogens (primary N) is 2. The first-order valence-electron chi connectivity index (χ1n) is 7.82. The van der Waals surface area contributed by atoms with Crippen molar-refractivity contribution >= 4 is 35.0 Å². The Labute approximate surface area is 154 Å². The first-order valence-corrected chi connectivity index (χ1v) is 7.82. The highest BCUT2D eigenvalue weighted by molar-refractivity contribution is 5.96. The molecule has 0 aliphatic heterocycles. The van der Waals surface area contributed by atoms with Crippen molar-refractivity contribution in [2.75, 3.05) is 23.8 Å². The fourth-order valence-corrected chi connectivity index (χ4v) is 2.07. The van der Waals surface area contributed by atoms with Gasteiger partial charge >= 0.3 is 0 Å². The molecule has 2 aromatic carbocycles. The van der Waals surface area contributed by atoms with Crippen molar-refractivity contribution in [3.8, 4) is 0 Å². The lowest BCUT2D eigenvalue weighted by Crippen LogP contribution is -2.24. The highest BCUT2D eigenvalue weighted by Gasteiger charge is 2.08.